The van der Waals surface area contributed by atoms with Crippen molar-refractivity contribution in [1.82, 2.24) is 24.8 Å². The van der Waals surface area contributed by atoms with Gasteiger partial charge in [-0.1, -0.05) is 36.4 Å². The van der Waals surface area contributed by atoms with Crippen LogP contribution in [0.3, 0.4) is 0 Å². The van der Waals surface area contributed by atoms with Gasteiger partial charge in [-0.15, -0.1) is 0 Å². The van der Waals surface area contributed by atoms with Gasteiger partial charge in [0.05, 0.1) is 11.0 Å². The van der Waals surface area contributed by atoms with E-state index in [1.54, 1.807) is 6.20 Å². The van der Waals surface area contributed by atoms with Crippen LogP contribution in [0.15, 0.2) is 85.3 Å². The molecule has 2 aromatic carbocycles. The molecule has 33 heavy (non-hydrogen) atoms. The lowest BCUT2D eigenvalue weighted by Gasteiger charge is -2.36. The molecule has 6 heteroatoms. The van der Waals surface area contributed by atoms with Crippen molar-refractivity contribution < 1.29 is 0 Å². The SMILES string of the molecule is c1cncc(-c2nc(N3CCN(Cc4cccc5cccnc45)CC3)c3ccccc3n2)c1. The van der Waals surface area contributed by atoms with E-state index in [4.69, 9.17) is 9.97 Å². The normalized spacial score (nSPS) is 14.7. The van der Waals surface area contributed by atoms with E-state index < -0.39 is 0 Å². The number of piperazine rings is 1. The molecule has 162 valence electrons. The maximum absolute atomic E-state index is 4.99. The highest BCUT2D eigenvalue weighted by molar-refractivity contribution is 5.91. The van der Waals surface area contributed by atoms with Crippen molar-refractivity contribution in [3.63, 3.8) is 0 Å². The molecule has 6 nitrogen and oxygen atoms in total. The van der Waals surface area contributed by atoms with Crippen molar-refractivity contribution in [3.8, 4) is 11.4 Å². The fourth-order valence-electron chi connectivity index (χ4n) is 4.58. The summed E-state index contributed by atoms with van der Waals surface area (Å²) in [5, 5.41) is 2.29. The van der Waals surface area contributed by atoms with Crippen molar-refractivity contribution in [2.75, 3.05) is 31.1 Å². The van der Waals surface area contributed by atoms with Crippen LogP contribution in [0.2, 0.25) is 0 Å². The molecule has 1 saturated heterocycles. The first-order valence-corrected chi connectivity index (χ1v) is 11.3. The monoisotopic (exact) mass is 432 g/mol. The zero-order chi connectivity index (χ0) is 22.0. The molecule has 0 spiro atoms. The van der Waals surface area contributed by atoms with Gasteiger partial charge in [0.2, 0.25) is 0 Å². The quantitative estimate of drug-likeness (QED) is 0.415. The topological polar surface area (TPSA) is 58.0 Å². The maximum Gasteiger partial charge on any atom is 0.163 e. The molecule has 5 aromatic rings. The summed E-state index contributed by atoms with van der Waals surface area (Å²) in [6.45, 7) is 4.71. The molecule has 0 saturated carbocycles. The summed E-state index contributed by atoms with van der Waals surface area (Å²) in [6.07, 6.45) is 5.48. The molecule has 0 unspecified atom stereocenters. The summed E-state index contributed by atoms with van der Waals surface area (Å²) in [6, 6.07) is 22.8. The molecule has 1 aliphatic heterocycles. The molecule has 0 bridgehead atoms. The van der Waals surface area contributed by atoms with Gasteiger partial charge < -0.3 is 4.90 Å². The Labute approximate surface area is 192 Å². The van der Waals surface area contributed by atoms with E-state index in [0.29, 0.717) is 0 Å². The van der Waals surface area contributed by atoms with Crippen molar-refractivity contribution in [1.29, 1.82) is 0 Å². The molecule has 6 rings (SSSR count). The molecule has 1 fully saturated rings. The molecule has 0 amide bonds. The fourth-order valence-corrected chi connectivity index (χ4v) is 4.58. The number of hydrogen-bond acceptors (Lipinski definition) is 6. The Hall–Kier alpha value is -3.90. The summed E-state index contributed by atoms with van der Waals surface area (Å²) >= 11 is 0. The predicted octanol–water partition coefficient (Wildman–Crippen LogP) is 4.56. The summed E-state index contributed by atoms with van der Waals surface area (Å²) in [5.41, 5.74) is 4.29. The van der Waals surface area contributed by atoms with Gasteiger partial charge in [0.15, 0.2) is 5.82 Å². The standard InChI is InChI=1S/C27H24N6/c1-2-11-24-23(10-1)27(31-26(30-24)21-9-4-12-28-18-21)33-16-14-32(15-17-33)19-22-7-3-6-20-8-5-13-29-25(20)22/h1-13,18H,14-17,19H2. The Balaban J connectivity index is 1.26. The summed E-state index contributed by atoms with van der Waals surface area (Å²) < 4.78 is 0. The lowest BCUT2D eigenvalue weighted by molar-refractivity contribution is 0.250. The van der Waals surface area contributed by atoms with E-state index in [1.165, 1.54) is 10.9 Å². The Morgan fingerprint density at radius 3 is 2.48 bits per heavy atom. The van der Waals surface area contributed by atoms with Gasteiger partial charge in [-0.25, -0.2) is 9.97 Å². The van der Waals surface area contributed by atoms with Gasteiger partial charge in [-0.3, -0.25) is 14.9 Å². The van der Waals surface area contributed by atoms with E-state index in [0.717, 1.165) is 66.3 Å². The number of rotatable bonds is 4. The van der Waals surface area contributed by atoms with Crippen LogP contribution >= 0.6 is 0 Å². The second-order valence-electron chi connectivity index (χ2n) is 8.39. The Bertz CT molecular complexity index is 1410. The number of para-hydroxylation sites is 2. The van der Waals surface area contributed by atoms with Crippen LogP contribution < -0.4 is 4.90 Å². The number of pyridine rings is 2. The first kappa shape index (κ1) is 19.8. The van der Waals surface area contributed by atoms with Crippen LogP contribution in [0.25, 0.3) is 33.2 Å². The molecular weight excluding hydrogens is 408 g/mol. The molecule has 0 aliphatic carbocycles. The Morgan fingerprint density at radius 2 is 1.61 bits per heavy atom. The molecule has 0 N–H and O–H groups in total. The lowest BCUT2D eigenvalue weighted by atomic mass is 10.1. The zero-order valence-electron chi connectivity index (χ0n) is 18.3. The smallest absolute Gasteiger partial charge is 0.163 e. The second kappa shape index (κ2) is 8.56. The number of anilines is 1. The van der Waals surface area contributed by atoms with Crippen LogP contribution in [0.1, 0.15) is 5.56 Å². The summed E-state index contributed by atoms with van der Waals surface area (Å²) in [5.74, 6) is 1.73. The third-order valence-electron chi connectivity index (χ3n) is 6.28. The Kier molecular flexibility index (Phi) is 5.13. The highest BCUT2D eigenvalue weighted by atomic mass is 15.3. The number of benzene rings is 2. The molecule has 3 aromatic heterocycles. The predicted molar refractivity (Wildman–Crippen MR) is 132 cm³/mol. The lowest BCUT2D eigenvalue weighted by Crippen LogP contribution is -2.46. The molecule has 0 radical (unpaired) electrons. The number of fused-ring (bicyclic) bond motifs is 2. The first-order chi connectivity index (χ1) is 16.3. The number of hydrogen-bond donors (Lipinski definition) is 0. The van der Waals surface area contributed by atoms with Crippen LogP contribution in [0.4, 0.5) is 5.82 Å². The van der Waals surface area contributed by atoms with Gasteiger partial charge in [0.1, 0.15) is 5.82 Å². The third kappa shape index (κ3) is 3.90. The van der Waals surface area contributed by atoms with Crippen LogP contribution in [-0.2, 0) is 6.54 Å². The van der Waals surface area contributed by atoms with Gasteiger partial charge in [-0.2, -0.15) is 0 Å². The molecule has 1 aliphatic rings. The number of aromatic nitrogens is 4. The first-order valence-electron chi connectivity index (χ1n) is 11.3. The number of nitrogens with zero attached hydrogens (tertiary/aromatic N) is 6. The third-order valence-corrected chi connectivity index (χ3v) is 6.28. The van der Waals surface area contributed by atoms with Gasteiger partial charge in [-0.05, 0) is 35.9 Å². The molecular formula is C27H24N6. The maximum atomic E-state index is 4.99. The second-order valence-corrected chi connectivity index (χ2v) is 8.39. The van der Waals surface area contributed by atoms with Crippen LogP contribution in [-0.4, -0.2) is 51.0 Å². The van der Waals surface area contributed by atoms with E-state index in [-0.39, 0.29) is 0 Å². The molecule has 4 heterocycles. The minimum absolute atomic E-state index is 0.723. The van der Waals surface area contributed by atoms with E-state index in [1.807, 2.05) is 36.7 Å². The van der Waals surface area contributed by atoms with Crippen LogP contribution in [0, 0.1) is 0 Å². The van der Waals surface area contributed by atoms with Crippen molar-refractivity contribution >= 4 is 27.6 Å². The van der Waals surface area contributed by atoms with Crippen molar-refractivity contribution in [2.45, 2.75) is 6.54 Å². The van der Waals surface area contributed by atoms with E-state index in [9.17, 15) is 0 Å². The van der Waals surface area contributed by atoms with Gasteiger partial charge in [0, 0.05) is 67.7 Å². The van der Waals surface area contributed by atoms with Gasteiger partial charge in [0.25, 0.3) is 0 Å². The summed E-state index contributed by atoms with van der Waals surface area (Å²) in [4.78, 5) is 23.6. The zero-order valence-corrected chi connectivity index (χ0v) is 18.3. The van der Waals surface area contributed by atoms with Gasteiger partial charge >= 0.3 is 0 Å². The Morgan fingerprint density at radius 1 is 0.758 bits per heavy atom. The highest BCUT2D eigenvalue weighted by Crippen LogP contribution is 2.28. The van der Waals surface area contributed by atoms with Crippen molar-refractivity contribution in [3.05, 3.63) is 90.9 Å². The summed E-state index contributed by atoms with van der Waals surface area (Å²) in [7, 11) is 0. The fraction of sp³-hybridized carbons (Fsp3) is 0.185. The van der Waals surface area contributed by atoms with E-state index >= 15 is 0 Å². The van der Waals surface area contributed by atoms with Crippen LogP contribution in [0.5, 0.6) is 0 Å². The average molecular weight is 433 g/mol. The van der Waals surface area contributed by atoms with E-state index in [2.05, 4.69) is 62.2 Å². The minimum atomic E-state index is 0.723. The molecule has 0 atom stereocenters. The highest BCUT2D eigenvalue weighted by Gasteiger charge is 2.22. The minimum Gasteiger partial charge on any atom is -0.353 e. The largest absolute Gasteiger partial charge is 0.353 e. The average Bonchev–Trinajstić information content (AvgIpc) is 2.89. The van der Waals surface area contributed by atoms with Crippen molar-refractivity contribution in [2.24, 2.45) is 0 Å².